The van der Waals surface area contributed by atoms with Crippen molar-refractivity contribution in [3.63, 3.8) is 0 Å². The van der Waals surface area contributed by atoms with Crippen LogP contribution in [0.2, 0.25) is 0 Å². The number of nitro benzene ring substituents is 1. The molecule has 1 aliphatic heterocycles. The Morgan fingerprint density at radius 3 is 2.68 bits per heavy atom. The molecule has 0 atom stereocenters. The van der Waals surface area contributed by atoms with E-state index < -0.39 is 20.6 Å². The minimum absolute atomic E-state index is 0.0204. The summed E-state index contributed by atoms with van der Waals surface area (Å²) in [6.07, 6.45) is 1.37. The quantitative estimate of drug-likeness (QED) is 0.325. The van der Waals surface area contributed by atoms with Gasteiger partial charge in [0.15, 0.2) is 11.5 Å². The molecule has 0 amide bonds. The third kappa shape index (κ3) is 5.12. The van der Waals surface area contributed by atoms with E-state index in [4.69, 9.17) is 9.47 Å². The molecule has 166 valence electrons. The maximum atomic E-state index is 12.8. The lowest BCUT2D eigenvalue weighted by molar-refractivity contribution is -0.384. The topological polar surface area (TPSA) is 144 Å². The van der Waals surface area contributed by atoms with Crippen LogP contribution in [0.25, 0.3) is 0 Å². The molecule has 0 spiro atoms. The molecule has 0 radical (unpaired) electrons. The minimum atomic E-state index is -3.87. The lowest BCUT2D eigenvalue weighted by atomic mass is 10.2. The Bertz CT molecular complexity index is 1120. The first-order chi connectivity index (χ1) is 14.7. The smallest absolute Gasteiger partial charge is 0.295 e. The molecule has 0 aromatic heterocycles. The number of sulfonamides is 1. The van der Waals surface area contributed by atoms with E-state index in [1.807, 2.05) is 0 Å². The van der Waals surface area contributed by atoms with Crippen molar-refractivity contribution in [1.82, 2.24) is 4.31 Å². The number of nitrogens with one attached hydrogen (secondary N) is 1. The standard InChI is InChI=1S/C18H19BrN4O7S/c1-29-17-9-12(8-14(19)18(17)24)11-20-21-15-3-2-13(10-16(15)23(25)26)31(27,28)22-4-6-30-7-5-22/h2-3,8-11,21,24H,4-7H2,1H3. The molecule has 2 aromatic carbocycles. The number of nitrogens with zero attached hydrogens (tertiary/aromatic N) is 3. The van der Waals surface area contributed by atoms with Gasteiger partial charge in [0.05, 0.1) is 40.8 Å². The molecule has 2 N–H and O–H groups in total. The van der Waals surface area contributed by atoms with Crippen molar-refractivity contribution in [1.29, 1.82) is 0 Å². The molecule has 13 heteroatoms. The van der Waals surface area contributed by atoms with Crippen molar-refractivity contribution in [2.45, 2.75) is 4.90 Å². The Labute approximate surface area is 186 Å². The van der Waals surface area contributed by atoms with Crippen molar-refractivity contribution in [2.75, 3.05) is 38.8 Å². The van der Waals surface area contributed by atoms with E-state index in [1.54, 1.807) is 6.07 Å². The van der Waals surface area contributed by atoms with Crippen molar-refractivity contribution < 1.29 is 27.9 Å². The van der Waals surface area contributed by atoms with Crippen molar-refractivity contribution in [3.05, 3.63) is 50.5 Å². The van der Waals surface area contributed by atoms with E-state index >= 15 is 0 Å². The van der Waals surface area contributed by atoms with E-state index in [1.165, 1.54) is 35.8 Å². The molecular weight excluding hydrogens is 496 g/mol. The molecule has 1 aliphatic rings. The molecule has 1 saturated heterocycles. The summed E-state index contributed by atoms with van der Waals surface area (Å²) < 4.78 is 37.3. The maximum absolute atomic E-state index is 12.8. The first-order valence-electron chi connectivity index (χ1n) is 8.96. The Balaban J connectivity index is 1.85. The molecule has 1 heterocycles. The first kappa shape index (κ1) is 22.9. The van der Waals surface area contributed by atoms with Crippen LogP contribution in [0, 0.1) is 10.1 Å². The molecule has 0 saturated carbocycles. The summed E-state index contributed by atoms with van der Waals surface area (Å²) in [5.74, 6) is 0.153. The third-order valence-electron chi connectivity index (χ3n) is 4.44. The molecule has 31 heavy (non-hydrogen) atoms. The van der Waals surface area contributed by atoms with Crippen LogP contribution >= 0.6 is 15.9 Å². The number of ether oxygens (including phenoxy) is 2. The van der Waals surface area contributed by atoms with Crippen molar-refractivity contribution >= 4 is 43.5 Å². The highest BCUT2D eigenvalue weighted by Crippen LogP contribution is 2.35. The normalized spacial score (nSPS) is 15.2. The highest BCUT2D eigenvalue weighted by molar-refractivity contribution is 9.10. The average molecular weight is 515 g/mol. The number of phenolic OH excluding ortho intramolecular Hbond substituents is 1. The average Bonchev–Trinajstić information content (AvgIpc) is 2.76. The van der Waals surface area contributed by atoms with Gasteiger partial charge in [-0.05, 0) is 45.8 Å². The summed E-state index contributed by atoms with van der Waals surface area (Å²) >= 11 is 3.19. The van der Waals surface area contributed by atoms with Crippen LogP contribution in [0.3, 0.4) is 0 Å². The highest BCUT2D eigenvalue weighted by atomic mass is 79.9. The van der Waals surface area contributed by atoms with Crippen LogP contribution < -0.4 is 10.2 Å². The SMILES string of the molecule is COc1cc(C=NNc2ccc(S(=O)(=O)N3CCOCC3)cc2[N+](=O)[O-])cc(Br)c1O. The number of morpholine rings is 1. The molecule has 0 aliphatic carbocycles. The molecule has 0 unspecified atom stereocenters. The van der Waals surface area contributed by atoms with Crippen LogP contribution in [-0.4, -0.2) is 62.4 Å². The van der Waals surface area contributed by atoms with Gasteiger partial charge in [-0.25, -0.2) is 8.42 Å². The van der Waals surface area contributed by atoms with Gasteiger partial charge in [0.1, 0.15) is 5.69 Å². The van der Waals surface area contributed by atoms with Crippen molar-refractivity contribution in [3.8, 4) is 11.5 Å². The number of anilines is 1. The van der Waals surface area contributed by atoms with Gasteiger partial charge in [-0.1, -0.05) is 0 Å². The summed E-state index contributed by atoms with van der Waals surface area (Å²) in [4.78, 5) is 10.6. The number of rotatable bonds is 7. The maximum Gasteiger partial charge on any atom is 0.295 e. The molecule has 3 rings (SSSR count). The first-order valence-corrected chi connectivity index (χ1v) is 11.2. The summed E-state index contributed by atoms with van der Waals surface area (Å²) in [5.41, 5.74) is 2.68. The minimum Gasteiger partial charge on any atom is -0.503 e. The monoisotopic (exact) mass is 514 g/mol. The summed E-state index contributed by atoms with van der Waals surface area (Å²) in [6, 6.07) is 6.68. The summed E-state index contributed by atoms with van der Waals surface area (Å²) in [7, 11) is -2.48. The second-order valence-corrected chi connectivity index (χ2v) is 9.17. The van der Waals surface area contributed by atoms with Gasteiger partial charge < -0.3 is 14.6 Å². The van der Waals surface area contributed by atoms with Crippen molar-refractivity contribution in [2.24, 2.45) is 5.10 Å². The predicted octanol–water partition coefficient (Wildman–Crippen LogP) is 2.54. The second kappa shape index (κ2) is 9.60. The zero-order valence-electron chi connectivity index (χ0n) is 16.3. The number of phenols is 1. The van der Waals surface area contributed by atoms with Gasteiger partial charge in [-0.2, -0.15) is 9.41 Å². The fraction of sp³-hybridized carbons (Fsp3) is 0.278. The summed E-state index contributed by atoms with van der Waals surface area (Å²) in [5, 5.41) is 25.3. The van der Waals surface area contributed by atoms with Gasteiger partial charge in [-0.15, -0.1) is 0 Å². The van der Waals surface area contributed by atoms with E-state index in [-0.39, 0.29) is 48.4 Å². The number of benzene rings is 2. The van der Waals surface area contributed by atoms with Crippen LogP contribution in [0.5, 0.6) is 11.5 Å². The van der Waals surface area contributed by atoms with E-state index in [2.05, 4.69) is 26.5 Å². The number of aromatic hydroxyl groups is 1. The number of hydrazone groups is 1. The second-order valence-electron chi connectivity index (χ2n) is 6.38. The van der Waals surface area contributed by atoms with Gasteiger partial charge >= 0.3 is 0 Å². The Morgan fingerprint density at radius 2 is 2.03 bits per heavy atom. The van der Waals surface area contributed by atoms with Gasteiger partial charge in [0.2, 0.25) is 10.0 Å². The van der Waals surface area contributed by atoms with E-state index in [0.717, 1.165) is 6.07 Å². The number of methoxy groups -OCH3 is 1. The Hall–Kier alpha value is -2.74. The molecule has 2 aromatic rings. The molecule has 11 nitrogen and oxygen atoms in total. The van der Waals surface area contributed by atoms with Crippen LogP contribution in [-0.2, 0) is 14.8 Å². The fourth-order valence-corrected chi connectivity index (χ4v) is 4.74. The zero-order chi connectivity index (χ0) is 22.6. The largest absolute Gasteiger partial charge is 0.503 e. The zero-order valence-corrected chi connectivity index (χ0v) is 18.7. The summed E-state index contributed by atoms with van der Waals surface area (Å²) in [6.45, 7) is 0.916. The number of hydrogen-bond acceptors (Lipinski definition) is 9. The number of nitro groups is 1. The lowest BCUT2D eigenvalue weighted by Crippen LogP contribution is -2.40. The molecule has 0 bridgehead atoms. The van der Waals surface area contributed by atoms with Crippen LogP contribution in [0.1, 0.15) is 5.56 Å². The van der Waals surface area contributed by atoms with Crippen LogP contribution in [0.4, 0.5) is 11.4 Å². The van der Waals surface area contributed by atoms with E-state index in [0.29, 0.717) is 10.0 Å². The molecular formula is C18H19BrN4O7S. The Kier molecular flexibility index (Phi) is 7.10. The van der Waals surface area contributed by atoms with E-state index in [9.17, 15) is 23.6 Å². The van der Waals surface area contributed by atoms with Gasteiger partial charge in [0, 0.05) is 19.2 Å². The highest BCUT2D eigenvalue weighted by Gasteiger charge is 2.28. The van der Waals surface area contributed by atoms with Gasteiger partial charge in [0.25, 0.3) is 5.69 Å². The lowest BCUT2D eigenvalue weighted by Gasteiger charge is -2.26. The Morgan fingerprint density at radius 1 is 1.32 bits per heavy atom. The number of halogens is 1. The predicted molar refractivity (Wildman–Crippen MR) is 116 cm³/mol. The fourth-order valence-electron chi connectivity index (χ4n) is 2.85. The third-order valence-corrected chi connectivity index (χ3v) is 6.94. The molecule has 1 fully saturated rings. The van der Waals surface area contributed by atoms with Gasteiger partial charge in [-0.3, -0.25) is 15.5 Å². The number of hydrogen-bond donors (Lipinski definition) is 2. The van der Waals surface area contributed by atoms with Crippen LogP contribution in [0.15, 0.2) is 44.8 Å².